The van der Waals surface area contributed by atoms with Gasteiger partial charge in [-0.15, -0.1) is 11.3 Å². The first kappa shape index (κ1) is 24.6. The van der Waals surface area contributed by atoms with E-state index in [9.17, 15) is 8.42 Å². The first-order valence-electron chi connectivity index (χ1n) is 12.9. The largest absolute Gasteiger partial charge is 0.353 e. The molecular weight excluding hydrogens is 512 g/mol. The van der Waals surface area contributed by atoms with Crippen molar-refractivity contribution in [1.82, 2.24) is 14.3 Å². The normalized spacial score (nSPS) is 21.7. The van der Waals surface area contributed by atoms with Crippen LogP contribution in [0.2, 0.25) is 5.02 Å². The van der Waals surface area contributed by atoms with E-state index in [0.29, 0.717) is 53.3 Å². The summed E-state index contributed by atoms with van der Waals surface area (Å²) in [5.74, 6) is 3.15. The molecule has 1 unspecified atom stereocenters. The molecule has 192 valence electrons. The molecule has 1 atom stereocenters. The third-order valence-electron chi connectivity index (χ3n) is 8.06. The molecule has 9 heteroatoms. The molecule has 6 rings (SSSR count). The van der Waals surface area contributed by atoms with E-state index >= 15 is 0 Å². The van der Waals surface area contributed by atoms with Crippen molar-refractivity contribution in [3.05, 3.63) is 45.6 Å². The number of aromatic nitrogens is 2. The lowest BCUT2D eigenvalue weighted by atomic mass is 9.72. The van der Waals surface area contributed by atoms with Crippen LogP contribution in [0.4, 0.5) is 5.82 Å². The Labute approximate surface area is 222 Å². The minimum atomic E-state index is -3.54. The van der Waals surface area contributed by atoms with Crippen LogP contribution < -0.4 is 4.90 Å². The molecule has 3 heterocycles. The number of hydrogen-bond donors (Lipinski definition) is 0. The van der Waals surface area contributed by atoms with Crippen LogP contribution in [0.15, 0.2) is 29.2 Å². The standard InChI is InChI=1S/C27H33ClN4O2S2/c1-27(2,3)18-6-11-21-22(16-18)35-26-23(21)25(29-24(30-26)17-4-5-17)31-12-14-32(15-13-31)36(33,34)20-9-7-19(28)8-10-20/h7-10,17-18H,4-6,11-16H2,1-3H3. The SMILES string of the molecule is CC(C)(C)C1CCc2c(sc3nc(C4CC4)nc(N4CCN(S(=O)(=O)c5ccc(Cl)cc5)CC4)c23)C1. The first-order valence-corrected chi connectivity index (χ1v) is 15.6. The second kappa shape index (κ2) is 8.93. The molecule has 1 aromatic carbocycles. The molecule has 0 amide bonds. The highest BCUT2D eigenvalue weighted by atomic mass is 35.5. The van der Waals surface area contributed by atoms with Crippen molar-refractivity contribution in [2.45, 2.75) is 63.7 Å². The number of halogens is 1. The van der Waals surface area contributed by atoms with Gasteiger partial charge in [-0.25, -0.2) is 18.4 Å². The Morgan fingerprint density at radius 3 is 2.33 bits per heavy atom. The Balaban J connectivity index is 1.31. The summed E-state index contributed by atoms with van der Waals surface area (Å²) < 4.78 is 28.0. The van der Waals surface area contributed by atoms with Crippen LogP contribution in [0.1, 0.15) is 62.2 Å². The summed E-state index contributed by atoms with van der Waals surface area (Å²) in [7, 11) is -3.54. The van der Waals surface area contributed by atoms with Crippen LogP contribution in [-0.2, 0) is 22.9 Å². The third kappa shape index (κ3) is 4.44. The maximum atomic E-state index is 13.2. The van der Waals surface area contributed by atoms with Crippen LogP contribution in [0.3, 0.4) is 0 Å². The molecule has 2 aliphatic carbocycles. The van der Waals surface area contributed by atoms with Gasteiger partial charge in [-0.05, 0) is 73.3 Å². The van der Waals surface area contributed by atoms with E-state index in [-0.39, 0.29) is 0 Å². The van der Waals surface area contributed by atoms with Gasteiger partial charge in [0.15, 0.2) is 0 Å². The predicted octanol–water partition coefficient (Wildman–Crippen LogP) is 5.88. The molecule has 0 bridgehead atoms. The van der Waals surface area contributed by atoms with Gasteiger partial charge in [-0.1, -0.05) is 32.4 Å². The number of fused-ring (bicyclic) bond motifs is 3. The van der Waals surface area contributed by atoms with Gasteiger partial charge in [0.05, 0.1) is 10.3 Å². The van der Waals surface area contributed by atoms with Gasteiger partial charge in [-0.3, -0.25) is 0 Å². The summed E-state index contributed by atoms with van der Waals surface area (Å²) in [4.78, 5) is 15.4. The number of sulfonamides is 1. The molecule has 1 aliphatic heterocycles. The fourth-order valence-corrected chi connectivity index (χ4v) is 8.41. The molecule has 0 radical (unpaired) electrons. The summed E-state index contributed by atoms with van der Waals surface area (Å²) in [5.41, 5.74) is 1.73. The molecule has 6 nitrogen and oxygen atoms in total. The molecule has 3 aromatic rings. The van der Waals surface area contributed by atoms with Crippen LogP contribution in [0.25, 0.3) is 10.2 Å². The molecule has 1 saturated heterocycles. The van der Waals surface area contributed by atoms with Crippen LogP contribution in [0.5, 0.6) is 0 Å². The molecule has 1 saturated carbocycles. The van der Waals surface area contributed by atoms with E-state index < -0.39 is 10.0 Å². The highest BCUT2D eigenvalue weighted by Gasteiger charge is 2.36. The zero-order chi connectivity index (χ0) is 25.2. The topological polar surface area (TPSA) is 66.4 Å². The number of anilines is 1. The molecule has 0 spiro atoms. The Kier molecular flexibility index (Phi) is 6.10. The number of rotatable bonds is 4. The van der Waals surface area contributed by atoms with Gasteiger partial charge in [0.2, 0.25) is 10.0 Å². The van der Waals surface area contributed by atoms with Crippen molar-refractivity contribution in [1.29, 1.82) is 0 Å². The summed E-state index contributed by atoms with van der Waals surface area (Å²) in [5, 5.41) is 1.76. The van der Waals surface area contributed by atoms with E-state index in [0.717, 1.165) is 42.2 Å². The Morgan fingerprint density at radius 1 is 1.00 bits per heavy atom. The van der Waals surface area contributed by atoms with Crippen molar-refractivity contribution < 1.29 is 8.42 Å². The van der Waals surface area contributed by atoms with E-state index in [4.69, 9.17) is 21.6 Å². The number of piperazine rings is 1. The highest BCUT2D eigenvalue weighted by molar-refractivity contribution is 7.89. The number of nitrogens with zero attached hydrogens (tertiary/aromatic N) is 4. The summed E-state index contributed by atoms with van der Waals surface area (Å²) in [6, 6.07) is 6.43. The van der Waals surface area contributed by atoms with Crippen molar-refractivity contribution >= 4 is 49.0 Å². The minimum Gasteiger partial charge on any atom is -0.353 e. The van der Waals surface area contributed by atoms with Crippen LogP contribution >= 0.6 is 22.9 Å². The molecule has 36 heavy (non-hydrogen) atoms. The maximum absolute atomic E-state index is 13.2. The molecule has 3 aliphatic rings. The van der Waals surface area contributed by atoms with Gasteiger partial charge in [0.1, 0.15) is 16.5 Å². The summed E-state index contributed by atoms with van der Waals surface area (Å²) in [6.07, 6.45) is 5.70. The summed E-state index contributed by atoms with van der Waals surface area (Å²) >= 11 is 7.83. The Hall–Kier alpha value is -1.74. The average molecular weight is 545 g/mol. The lowest BCUT2D eigenvalue weighted by Gasteiger charge is -2.36. The van der Waals surface area contributed by atoms with E-state index in [1.165, 1.54) is 22.2 Å². The van der Waals surface area contributed by atoms with Gasteiger partial charge in [0, 0.05) is 42.0 Å². The van der Waals surface area contributed by atoms with Gasteiger partial charge < -0.3 is 4.90 Å². The van der Waals surface area contributed by atoms with Crippen molar-refractivity contribution in [3.8, 4) is 0 Å². The summed E-state index contributed by atoms with van der Waals surface area (Å²) in [6.45, 7) is 9.18. The lowest BCUT2D eigenvalue weighted by molar-refractivity contribution is 0.218. The van der Waals surface area contributed by atoms with Crippen molar-refractivity contribution in [2.24, 2.45) is 11.3 Å². The number of aryl methyl sites for hydroxylation is 1. The number of hydrogen-bond acceptors (Lipinski definition) is 6. The minimum absolute atomic E-state index is 0.293. The monoisotopic (exact) mass is 544 g/mol. The van der Waals surface area contributed by atoms with E-state index in [1.54, 1.807) is 28.6 Å². The first-order chi connectivity index (χ1) is 17.1. The molecule has 0 N–H and O–H groups in total. The van der Waals surface area contributed by atoms with Gasteiger partial charge in [-0.2, -0.15) is 4.31 Å². The van der Waals surface area contributed by atoms with Crippen LogP contribution in [0, 0.1) is 11.3 Å². The van der Waals surface area contributed by atoms with Gasteiger partial charge in [0.25, 0.3) is 0 Å². The molecule has 2 aromatic heterocycles. The number of benzene rings is 1. The fraction of sp³-hybridized carbons (Fsp3) is 0.556. The number of thiophene rings is 1. The van der Waals surface area contributed by atoms with Crippen molar-refractivity contribution in [2.75, 3.05) is 31.1 Å². The van der Waals surface area contributed by atoms with Gasteiger partial charge >= 0.3 is 0 Å². The highest BCUT2D eigenvalue weighted by Crippen LogP contribution is 2.47. The second-order valence-corrected chi connectivity index (χ2v) is 15.0. The van der Waals surface area contributed by atoms with Crippen LogP contribution in [-0.4, -0.2) is 48.9 Å². The average Bonchev–Trinajstić information content (AvgIpc) is 3.63. The molecule has 2 fully saturated rings. The zero-order valence-electron chi connectivity index (χ0n) is 21.1. The van der Waals surface area contributed by atoms with E-state index in [2.05, 4.69) is 25.7 Å². The predicted molar refractivity (Wildman–Crippen MR) is 147 cm³/mol. The zero-order valence-corrected chi connectivity index (χ0v) is 23.5. The fourth-order valence-electron chi connectivity index (χ4n) is 5.56. The molecular formula is C27H33ClN4O2S2. The maximum Gasteiger partial charge on any atom is 0.243 e. The Morgan fingerprint density at radius 2 is 1.69 bits per heavy atom. The lowest BCUT2D eigenvalue weighted by Crippen LogP contribution is -2.49. The second-order valence-electron chi connectivity index (χ2n) is 11.5. The van der Waals surface area contributed by atoms with E-state index in [1.807, 2.05) is 11.3 Å². The Bertz CT molecular complexity index is 1400. The smallest absolute Gasteiger partial charge is 0.243 e. The third-order valence-corrected chi connectivity index (χ3v) is 11.4. The van der Waals surface area contributed by atoms with Crippen molar-refractivity contribution in [3.63, 3.8) is 0 Å². The quantitative estimate of drug-likeness (QED) is 0.410.